The molecule has 1 aromatic heterocycles. The van der Waals surface area contributed by atoms with E-state index in [-0.39, 0.29) is 25.5 Å². The van der Waals surface area contributed by atoms with E-state index in [0.717, 1.165) is 6.21 Å². The highest BCUT2D eigenvalue weighted by Gasteiger charge is 2.28. The maximum absolute atomic E-state index is 12.1. The van der Waals surface area contributed by atoms with Gasteiger partial charge >= 0.3 is 11.9 Å². The molecular formula is C20H22N4O6. The molecule has 2 rings (SSSR count). The van der Waals surface area contributed by atoms with Crippen LogP contribution in [0.5, 0.6) is 0 Å². The molecule has 10 nitrogen and oxygen atoms in total. The van der Waals surface area contributed by atoms with Crippen molar-refractivity contribution >= 4 is 52.3 Å². The lowest BCUT2D eigenvalue weighted by molar-refractivity contribution is -0.157. The van der Waals surface area contributed by atoms with Gasteiger partial charge in [0.15, 0.2) is 11.7 Å². The fraction of sp³-hybridized carbons (Fsp3) is 0.350. The summed E-state index contributed by atoms with van der Waals surface area (Å²) in [6.07, 6.45) is 2.46. The van der Waals surface area contributed by atoms with Gasteiger partial charge < -0.3 is 14.8 Å². The Kier molecular flexibility index (Phi) is 8.09. The van der Waals surface area contributed by atoms with Gasteiger partial charge in [-0.2, -0.15) is 0 Å². The van der Waals surface area contributed by atoms with Crippen molar-refractivity contribution in [1.82, 2.24) is 9.97 Å². The molecule has 1 aromatic carbocycles. The number of nitrogens with one attached hydrogen (secondary N) is 1. The van der Waals surface area contributed by atoms with Gasteiger partial charge in [0.2, 0.25) is 5.78 Å². The first-order valence-corrected chi connectivity index (χ1v) is 9.37. The molecule has 1 amide bonds. The highest BCUT2D eigenvalue weighted by molar-refractivity contribution is 6.40. The number of ether oxygens (including phenoxy) is 2. The van der Waals surface area contributed by atoms with Crippen LogP contribution < -0.4 is 5.32 Å². The van der Waals surface area contributed by atoms with Crippen LogP contribution in [0.25, 0.3) is 10.9 Å². The predicted molar refractivity (Wildman–Crippen MR) is 108 cm³/mol. The van der Waals surface area contributed by atoms with Crippen molar-refractivity contribution in [3.63, 3.8) is 0 Å². The number of benzene rings is 1. The molecule has 0 aliphatic carbocycles. The average molecular weight is 414 g/mol. The van der Waals surface area contributed by atoms with Crippen molar-refractivity contribution in [2.45, 2.75) is 27.2 Å². The van der Waals surface area contributed by atoms with E-state index in [9.17, 15) is 19.2 Å². The molecule has 0 bridgehead atoms. The van der Waals surface area contributed by atoms with Crippen LogP contribution in [-0.2, 0) is 28.7 Å². The summed E-state index contributed by atoms with van der Waals surface area (Å²) in [5.74, 6) is -4.04. The van der Waals surface area contributed by atoms with E-state index in [1.54, 1.807) is 39.0 Å². The van der Waals surface area contributed by atoms with Gasteiger partial charge in [-0.05, 0) is 32.0 Å². The second kappa shape index (κ2) is 10.7. The third-order valence-corrected chi connectivity index (χ3v) is 3.87. The van der Waals surface area contributed by atoms with Gasteiger partial charge in [-0.3, -0.25) is 19.2 Å². The molecule has 10 heteroatoms. The van der Waals surface area contributed by atoms with Crippen LogP contribution >= 0.6 is 0 Å². The average Bonchev–Trinajstić information content (AvgIpc) is 2.73. The second-order valence-corrected chi connectivity index (χ2v) is 5.92. The lowest BCUT2D eigenvalue weighted by Gasteiger charge is -2.10. The van der Waals surface area contributed by atoms with E-state index in [0.29, 0.717) is 16.6 Å². The maximum Gasteiger partial charge on any atom is 0.325 e. The molecule has 1 heterocycles. The first kappa shape index (κ1) is 22.6. The van der Waals surface area contributed by atoms with E-state index in [1.807, 2.05) is 0 Å². The zero-order chi connectivity index (χ0) is 22.1. The Morgan fingerprint density at radius 1 is 1.07 bits per heavy atom. The number of carbonyl (C=O) groups excluding carboxylic acids is 4. The maximum atomic E-state index is 12.1. The molecule has 158 valence electrons. The molecule has 0 unspecified atom stereocenters. The minimum Gasteiger partial charge on any atom is -0.465 e. The predicted octanol–water partition coefficient (Wildman–Crippen LogP) is 1.99. The minimum absolute atomic E-state index is 0.0845. The summed E-state index contributed by atoms with van der Waals surface area (Å²) >= 11 is 0. The van der Waals surface area contributed by atoms with Crippen molar-refractivity contribution in [3.05, 3.63) is 24.5 Å². The van der Waals surface area contributed by atoms with Crippen molar-refractivity contribution in [1.29, 1.82) is 0 Å². The van der Waals surface area contributed by atoms with Gasteiger partial charge in [0.05, 0.1) is 18.7 Å². The van der Waals surface area contributed by atoms with Gasteiger partial charge in [0.25, 0.3) is 5.91 Å². The number of rotatable bonds is 9. The number of Topliss-reactive ketones (excluding diaryl/α,β-unsaturated/α-hetero) is 1. The van der Waals surface area contributed by atoms with E-state index in [4.69, 9.17) is 9.47 Å². The topological polar surface area (TPSA) is 137 Å². The SMILES string of the molecule is CCOC(=O)C(C=Nc1ncnc2ccc(NC(=O)C(=O)CC)cc12)C(=O)OCC. The molecule has 0 fully saturated rings. The van der Waals surface area contributed by atoms with Crippen molar-refractivity contribution < 1.29 is 28.7 Å². The van der Waals surface area contributed by atoms with Crippen molar-refractivity contribution in [3.8, 4) is 0 Å². The Morgan fingerprint density at radius 3 is 2.33 bits per heavy atom. The summed E-state index contributed by atoms with van der Waals surface area (Å²) in [6, 6.07) is 4.76. The molecule has 0 radical (unpaired) electrons. The van der Waals surface area contributed by atoms with Crippen LogP contribution in [0.1, 0.15) is 27.2 Å². The largest absolute Gasteiger partial charge is 0.465 e. The minimum atomic E-state index is -1.35. The number of aliphatic imine (C=N–C) groups is 1. The van der Waals surface area contributed by atoms with E-state index >= 15 is 0 Å². The van der Waals surface area contributed by atoms with Crippen LogP contribution in [0.15, 0.2) is 29.5 Å². The number of anilines is 1. The van der Waals surface area contributed by atoms with E-state index in [2.05, 4.69) is 20.3 Å². The number of fused-ring (bicyclic) bond motifs is 1. The number of hydrogen-bond donors (Lipinski definition) is 1. The standard InChI is InChI=1S/C20H22N4O6/c1-4-16(25)18(26)24-12-7-8-15-13(9-12)17(23-11-22-15)21-10-14(19(27)29-5-2)20(28)30-6-3/h7-11,14H,4-6H2,1-3H3,(H,24,26). The van der Waals surface area contributed by atoms with E-state index < -0.39 is 29.5 Å². The summed E-state index contributed by atoms with van der Waals surface area (Å²) in [6.45, 7) is 5.02. The Labute approximate surface area is 172 Å². The highest BCUT2D eigenvalue weighted by Crippen LogP contribution is 2.25. The number of amides is 1. The van der Waals surface area contributed by atoms with Crippen LogP contribution in [0, 0.1) is 5.92 Å². The number of nitrogens with zero attached hydrogens (tertiary/aromatic N) is 3. The van der Waals surface area contributed by atoms with Crippen LogP contribution in [0.2, 0.25) is 0 Å². The first-order chi connectivity index (χ1) is 14.4. The molecule has 0 aliphatic heterocycles. The summed E-state index contributed by atoms with van der Waals surface area (Å²) in [5, 5.41) is 2.95. The number of carbonyl (C=O) groups is 4. The molecule has 0 atom stereocenters. The fourth-order valence-electron chi connectivity index (χ4n) is 2.41. The molecule has 0 saturated heterocycles. The third-order valence-electron chi connectivity index (χ3n) is 3.87. The Bertz CT molecular complexity index is 970. The van der Waals surface area contributed by atoms with Gasteiger partial charge in [0, 0.05) is 23.7 Å². The molecule has 1 N–H and O–H groups in total. The number of esters is 2. The summed E-state index contributed by atoms with van der Waals surface area (Å²) in [7, 11) is 0. The first-order valence-electron chi connectivity index (χ1n) is 9.37. The van der Waals surface area contributed by atoms with Crippen LogP contribution in [-0.4, -0.2) is 53.0 Å². The quantitative estimate of drug-likeness (QED) is 0.285. The summed E-state index contributed by atoms with van der Waals surface area (Å²) in [4.78, 5) is 59.9. The zero-order valence-electron chi connectivity index (χ0n) is 16.9. The fourth-order valence-corrected chi connectivity index (χ4v) is 2.41. The van der Waals surface area contributed by atoms with Gasteiger partial charge in [-0.15, -0.1) is 0 Å². The molecule has 2 aromatic rings. The molecular weight excluding hydrogens is 392 g/mol. The molecule has 0 aliphatic rings. The molecule has 0 spiro atoms. The van der Waals surface area contributed by atoms with Gasteiger partial charge in [-0.1, -0.05) is 6.92 Å². The van der Waals surface area contributed by atoms with Gasteiger partial charge in [-0.25, -0.2) is 15.0 Å². The van der Waals surface area contributed by atoms with E-state index in [1.165, 1.54) is 6.33 Å². The Morgan fingerprint density at radius 2 is 1.73 bits per heavy atom. The normalized spacial score (nSPS) is 10.9. The zero-order valence-corrected chi connectivity index (χ0v) is 16.9. The summed E-state index contributed by atoms with van der Waals surface area (Å²) < 4.78 is 9.80. The lowest BCUT2D eigenvalue weighted by Crippen LogP contribution is -2.29. The summed E-state index contributed by atoms with van der Waals surface area (Å²) in [5.41, 5.74) is 0.869. The molecule has 30 heavy (non-hydrogen) atoms. The molecule has 0 saturated carbocycles. The number of hydrogen-bond acceptors (Lipinski definition) is 9. The monoisotopic (exact) mass is 414 g/mol. The third kappa shape index (κ3) is 5.66. The number of aromatic nitrogens is 2. The Balaban J connectivity index is 2.38. The van der Waals surface area contributed by atoms with Crippen LogP contribution in [0.4, 0.5) is 11.5 Å². The second-order valence-electron chi connectivity index (χ2n) is 5.92. The number of ketones is 1. The Hall–Kier alpha value is -3.69. The van der Waals surface area contributed by atoms with Crippen molar-refractivity contribution in [2.24, 2.45) is 10.9 Å². The lowest BCUT2D eigenvalue weighted by atomic mass is 10.1. The van der Waals surface area contributed by atoms with Crippen molar-refractivity contribution in [2.75, 3.05) is 18.5 Å². The smallest absolute Gasteiger partial charge is 0.325 e. The highest BCUT2D eigenvalue weighted by atomic mass is 16.6. The van der Waals surface area contributed by atoms with Crippen LogP contribution in [0.3, 0.4) is 0 Å². The van der Waals surface area contributed by atoms with Gasteiger partial charge in [0.1, 0.15) is 6.33 Å².